The molecular weight excluding hydrogens is 503 g/mol. The van der Waals surface area contributed by atoms with Crippen molar-refractivity contribution in [1.82, 2.24) is 14.5 Å². The first kappa shape index (κ1) is 26.1. The lowest BCUT2D eigenvalue weighted by Crippen LogP contribution is -2.33. The second-order valence-corrected chi connectivity index (χ2v) is 9.80. The van der Waals surface area contributed by atoms with E-state index in [1.54, 1.807) is 13.0 Å². The molecular formula is C21H22F2N5O7P. The molecule has 1 fully saturated rings. The van der Waals surface area contributed by atoms with Gasteiger partial charge in [0.2, 0.25) is 5.82 Å². The summed E-state index contributed by atoms with van der Waals surface area (Å²) in [4.78, 5) is 26.1. The highest BCUT2D eigenvalue weighted by Crippen LogP contribution is 2.37. The first-order valence-corrected chi connectivity index (χ1v) is 12.4. The molecule has 5 N–H and O–H groups in total. The van der Waals surface area contributed by atoms with E-state index >= 15 is 0 Å². The number of nitrogens with zero attached hydrogens (tertiary/aromatic N) is 4. The van der Waals surface area contributed by atoms with Gasteiger partial charge in [0.05, 0.1) is 18.0 Å². The highest BCUT2D eigenvalue weighted by Gasteiger charge is 2.44. The van der Waals surface area contributed by atoms with Gasteiger partial charge in [-0.15, -0.1) is 0 Å². The molecule has 0 radical (unpaired) electrons. The second-order valence-electron chi connectivity index (χ2n) is 8.21. The van der Waals surface area contributed by atoms with Gasteiger partial charge in [-0.2, -0.15) is 5.26 Å². The van der Waals surface area contributed by atoms with Gasteiger partial charge >= 0.3 is 7.60 Å². The lowest BCUT2D eigenvalue weighted by molar-refractivity contribution is -0.0610. The normalized spacial score (nSPS) is 23.1. The van der Waals surface area contributed by atoms with Crippen molar-refractivity contribution in [1.29, 1.82) is 5.26 Å². The van der Waals surface area contributed by atoms with Gasteiger partial charge in [0, 0.05) is 17.8 Å². The SMILES string of the molecule is C[C@@H](Nc1nc(C#N)nc2c1ccn2[C@@H]1O[C@H](COCP(=O)(O)O)[C@@H](O)[C@H]1O)c1ccc(F)cc1F. The Balaban J connectivity index is 1.62. The van der Waals surface area contributed by atoms with Crippen molar-refractivity contribution in [3.05, 3.63) is 53.5 Å². The summed E-state index contributed by atoms with van der Waals surface area (Å²) < 4.78 is 50.5. The van der Waals surface area contributed by atoms with Crippen LogP contribution in [0.15, 0.2) is 30.5 Å². The van der Waals surface area contributed by atoms with E-state index in [1.807, 2.05) is 6.07 Å². The summed E-state index contributed by atoms with van der Waals surface area (Å²) in [5.74, 6) is -1.56. The molecule has 192 valence electrons. The Morgan fingerprint density at radius 1 is 1.28 bits per heavy atom. The Morgan fingerprint density at radius 3 is 2.69 bits per heavy atom. The Bertz CT molecular complexity index is 1360. The number of nitriles is 1. The summed E-state index contributed by atoms with van der Waals surface area (Å²) in [6.07, 6.45) is -4.59. The fourth-order valence-corrected chi connectivity index (χ4v) is 4.26. The monoisotopic (exact) mass is 525 g/mol. The third kappa shape index (κ3) is 5.37. The van der Waals surface area contributed by atoms with Gasteiger partial charge in [0.25, 0.3) is 0 Å². The number of anilines is 1. The van der Waals surface area contributed by atoms with Gasteiger partial charge in [-0.1, -0.05) is 6.07 Å². The number of nitrogens with one attached hydrogen (secondary N) is 1. The third-order valence-electron chi connectivity index (χ3n) is 5.61. The van der Waals surface area contributed by atoms with Gasteiger partial charge in [0.1, 0.15) is 53.8 Å². The van der Waals surface area contributed by atoms with Crippen LogP contribution in [0.2, 0.25) is 0 Å². The molecule has 5 atom stereocenters. The van der Waals surface area contributed by atoms with Crippen LogP contribution in [0.5, 0.6) is 0 Å². The quantitative estimate of drug-likeness (QED) is 0.269. The molecule has 0 bridgehead atoms. The Labute approximate surface area is 202 Å². The van der Waals surface area contributed by atoms with Gasteiger partial charge in [-0.05, 0) is 19.1 Å². The molecule has 0 spiro atoms. The van der Waals surface area contributed by atoms with Crippen LogP contribution >= 0.6 is 7.60 Å². The minimum atomic E-state index is -4.43. The molecule has 12 nitrogen and oxygen atoms in total. The number of aliphatic hydroxyl groups is 2. The fraction of sp³-hybridized carbons (Fsp3) is 0.381. The van der Waals surface area contributed by atoms with Crippen LogP contribution in [-0.2, 0) is 14.0 Å². The van der Waals surface area contributed by atoms with Crippen molar-refractivity contribution in [3.63, 3.8) is 0 Å². The van der Waals surface area contributed by atoms with E-state index in [4.69, 9.17) is 19.3 Å². The van der Waals surface area contributed by atoms with Crippen LogP contribution in [0, 0.1) is 23.0 Å². The van der Waals surface area contributed by atoms with Gasteiger partial charge in [0.15, 0.2) is 6.23 Å². The fourth-order valence-electron chi connectivity index (χ4n) is 3.92. The topological polar surface area (TPSA) is 183 Å². The molecule has 1 aliphatic heterocycles. The zero-order chi connectivity index (χ0) is 26.2. The molecule has 15 heteroatoms. The van der Waals surface area contributed by atoms with Crippen molar-refractivity contribution >= 4 is 24.4 Å². The van der Waals surface area contributed by atoms with E-state index in [9.17, 15) is 28.8 Å². The Hall–Kier alpha value is -3.02. The maximum Gasteiger partial charge on any atom is 0.350 e. The Morgan fingerprint density at radius 2 is 2.03 bits per heavy atom. The highest BCUT2D eigenvalue weighted by atomic mass is 31.2. The number of aromatic nitrogens is 3. The van der Waals surface area contributed by atoms with E-state index in [0.29, 0.717) is 5.39 Å². The van der Waals surface area contributed by atoms with Gasteiger partial charge < -0.3 is 39.4 Å². The smallest absolute Gasteiger partial charge is 0.350 e. The molecule has 0 saturated carbocycles. The Kier molecular flexibility index (Phi) is 7.35. The number of hydrogen-bond donors (Lipinski definition) is 5. The van der Waals surface area contributed by atoms with E-state index in [0.717, 1.165) is 12.1 Å². The second kappa shape index (κ2) is 10.2. The van der Waals surface area contributed by atoms with Crippen LogP contribution in [0.3, 0.4) is 0 Å². The number of fused-ring (bicyclic) bond motifs is 1. The van der Waals surface area contributed by atoms with Crippen molar-refractivity contribution in [3.8, 4) is 6.07 Å². The van der Waals surface area contributed by atoms with Crippen LogP contribution in [0.25, 0.3) is 11.0 Å². The van der Waals surface area contributed by atoms with Crippen molar-refractivity contribution in [2.24, 2.45) is 0 Å². The summed E-state index contributed by atoms with van der Waals surface area (Å²) in [5.41, 5.74) is 0.320. The molecule has 1 aliphatic rings. The molecule has 2 aromatic heterocycles. The predicted octanol–water partition coefficient (Wildman–Crippen LogP) is 1.53. The summed E-state index contributed by atoms with van der Waals surface area (Å²) in [7, 11) is -4.43. The van der Waals surface area contributed by atoms with Crippen molar-refractivity contribution in [2.75, 3.05) is 18.3 Å². The van der Waals surface area contributed by atoms with Crippen LogP contribution in [-0.4, -0.2) is 65.8 Å². The van der Waals surface area contributed by atoms with E-state index in [2.05, 4.69) is 15.3 Å². The van der Waals surface area contributed by atoms with Crippen molar-refractivity contribution in [2.45, 2.75) is 37.5 Å². The molecule has 1 aromatic carbocycles. The molecule has 36 heavy (non-hydrogen) atoms. The zero-order valence-electron chi connectivity index (χ0n) is 18.7. The molecule has 4 rings (SSSR count). The third-order valence-corrected chi connectivity index (χ3v) is 6.13. The molecule has 0 amide bonds. The number of rotatable bonds is 8. The number of benzene rings is 1. The minimum absolute atomic E-state index is 0.156. The predicted molar refractivity (Wildman–Crippen MR) is 119 cm³/mol. The largest absolute Gasteiger partial charge is 0.387 e. The number of ether oxygens (including phenoxy) is 2. The van der Waals surface area contributed by atoms with E-state index in [1.165, 1.54) is 16.8 Å². The first-order valence-electron chi connectivity index (χ1n) is 10.6. The summed E-state index contributed by atoms with van der Waals surface area (Å²) in [5, 5.41) is 33.7. The lowest BCUT2D eigenvalue weighted by atomic mass is 10.1. The molecule has 0 unspecified atom stereocenters. The molecule has 1 saturated heterocycles. The molecule has 3 heterocycles. The standard InChI is InChI=1S/C21H22F2N5O7P/c1-10(12-3-2-11(22)6-14(12)23)25-19-13-4-5-28(20(13)27-16(7-24)26-19)21-18(30)17(29)15(35-21)8-34-9-36(31,32)33/h2-6,10,15,17-18,21,29-30H,8-9H2,1H3,(H,25,26,27)(H2,31,32,33)/t10-,15-,17-,18-,21-/m1/s1. The number of halogens is 2. The highest BCUT2D eigenvalue weighted by molar-refractivity contribution is 7.51. The van der Waals surface area contributed by atoms with Crippen LogP contribution in [0.4, 0.5) is 14.6 Å². The molecule has 0 aliphatic carbocycles. The number of aliphatic hydroxyl groups excluding tert-OH is 2. The average molecular weight is 525 g/mol. The maximum atomic E-state index is 14.3. The zero-order valence-corrected chi connectivity index (χ0v) is 19.6. The minimum Gasteiger partial charge on any atom is -0.387 e. The van der Waals surface area contributed by atoms with Crippen molar-refractivity contribution < 1.29 is 42.8 Å². The van der Waals surface area contributed by atoms with Gasteiger partial charge in [-0.3, -0.25) is 4.57 Å². The van der Waals surface area contributed by atoms with Gasteiger partial charge in [-0.25, -0.2) is 18.7 Å². The average Bonchev–Trinajstić information content (AvgIpc) is 3.34. The molecule has 3 aromatic rings. The van der Waals surface area contributed by atoms with E-state index in [-0.39, 0.29) is 22.9 Å². The number of hydrogen-bond acceptors (Lipinski definition) is 9. The summed E-state index contributed by atoms with van der Waals surface area (Å²) in [6.45, 7) is 1.22. The summed E-state index contributed by atoms with van der Waals surface area (Å²) in [6, 6.07) is 5.87. The van der Waals surface area contributed by atoms with E-state index < -0.39 is 62.8 Å². The van der Waals surface area contributed by atoms with Crippen LogP contribution in [0.1, 0.15) is 30.6 Å². The summed E-state index contributed by atoms with van der Waals surface area (Å²) >= 11 is 0. The first-order chi connectivity index (χ1) is 17.0. The lowest BCUT2D eigenvalue weighted by Gasteiger charge is -2.19. The van der Waals surface area contributed by atoms with Crippen LogP contribution < -0.4 is 5.32 Å². The maximum absolute atomic E-state index is 14.3.